The summed E-state index contributed by atoms with van der Waals surface area (Å²) in [4.78, 5) is 37.8. The number of benzene rings is 1. The summed E-state index contributed by atoms with van der Waals surface area (Å²) in [5.74, 6) is -1.56. The van der Waals surface area contributed by atoms with E-state index in [4.69, 9.17) is 14.9 Å². The lowest BCUT2D eigenvalue weighted by molar-refractivity contribution is -0.384. The van der Waals surface area contributed by atoms with E-state index in [9.17, 15) is 19.5 Å². The second-order valence-electron chi connectivity index (χ2n) is 2.81. The normalized spacial score (nSPS) is 11.1. The van der Waals surface area contributed by atoms with Crippen LogP contribution in [0, 0.1) is 10.1 Å². The van der Waals surface area contributed by atoms with E-state index in [2.05, 4.69) is 0 Å². The Morgan fingerprint density at radius 1 is 1.38 bits per heavy atom. The van der Waals surface area contributed by atoms with Gasteiger partial charge >= 0.3 is 13.6 Å². The van der Waals surface area contributed by atoms with Gasteiger partial charge in [0.05, 0.1) is 15.8 Å². The average molecular weight is 247 g/mol. The molecular weight excluding hydrogens is 241 g/mol. The smallest absolute Gasteiger partial charge is 0.357 e. The third-order valence-corrected chi connectivity index (χ3v) is 2.73. The highest BCUT2D eigenvalue weighted by atomic mass is 31.2. The zero-order chi connectivity index (χ0) is 12.5. The van der Waals surface area contributed by atoms with Crippen LogP contribution in [0.5, 0.6) is 0 Å². The van der Waals surface area contributed by atoms with Crippen LogP contribution in [0.25, 0.3) is 0 Å². The van der Waals surface area contributed by atoms with E-state index >= 15 is 0 Å². The molecule has 3 N–H and O–H groups in total. The summed E-state index contributed by atoms with van der Waals surface area (Å²) in [5, 5.41) is 18.1. The van der Waals surface area contributed by atoms with Gasteiger partial charge in [-0.05, 0) is 6.07 Å². The van der Waals surface area contributed by atoms with Crippen molar-refractivity contribution in [1.82, 2.24) is 0 Å². The molecule has 0 fully saturated rings. The summed E-state index contributed by atoms with van der Waals surface area (Å²) >= 11 is 0. The Labute approximate surface area is 88.5 Å². The van der Waals surface area contributed by atoms with E-state index in [0.717, 1.165) is 12.1 Å². The van der Waals surface area contributed by atoms with Crippen LogP contribution >= 0.6 is 7.60 Å². The predicted octanol–water partition coefficient (Wildman–Crippen LogP) is 0.0960. The lowest BCUT2D eigenvalue weighted by atomic mass is 10.2. The number of non-ortho nitro benzene ring substituents is 1. The summed E-state index contributed by atoms with van der Waals surface area (Å²) in [7, 11) is -4.86. The highest BCUT2D eigenvalue weighted by molar-refractivity contribution is 7.60. The number of carboxylic acid groups (broad SMARTS) is 1. The van der Waals surface area contributed by atoms with Crippen LogP contribution in [0.15, 0.2) is 18.2 Å². The van der Waals surface area contributed by atoms with Crippen molar-refractivity contribution in [2.24, 2.45) is 0 Å². The number of rotatable bonds is 3. The molecule has 1 aromatic carbocycles. The molecule has 0 saturated carbocycles. The highest BCUT2D eigenvalue weighted by Gasteiger charge is 2.27. The largest absolute Gasteiger partial charge is 0.478 e. The maximum atomic E-state index is 10.9. The van der Waals surface area contributed by atoms with Gasteiger partial charge in [0.1, 0.15) is 0 Å². The molecule has 0 spiro atoms. The monoisotopic (exact) mass is 247 g/mol. The van der Waals surface area contributed by atoms with Gasteiger partial charge < -0.3 is 14.9 Å². The Bertz CT molecular complexity index is 505. The van der Waals surface area contributed by atoms with Gasteiger partial charge in [-0.25, -0.2) is 4.79 Å². The SMILES string of the molecule is O=C(O)c1ccc([N+](=O)[O-])cc1P(=O)(O)O. The number of hydrogen-bond donors (Lipinski definition) is 3. The van der Waals surface area contributed by atoms with E-state index < -0.39 is 35.0 Å². The number of nitro groups is 1. The summed E-state index contributed by atoms with van der Waals surface area (Å²) in [5.41, 5.74) is -1.23. The van der Waals surface area contributed by atoms with Crippen LogP contribution < -0.4 is 5.30 Å². The van der Waals surface area contributed by atoms with Gasteiger partial charge in [0.15, 0.2) is 0 Å². The van der Waals surface area contributed by atoms with Crippen LogP contribution in [0.1, 0.15) is 10.4 Å². The number of nitro benzene ring substituents is 1. The molecule has 0 amide bonds. The van der Waals surface area contributed by atoms with Crippen molar-refractivity contribution in [3.63, 3.8) is 0 Å². The molecule has 8 nitrogen and oxygen atoms in total. The van der Waals surface area contributed by atoms with Gasteiger partial charge in [0.25, 0.3) is 5.69 Å². The maximum Gasteiger partial charge on any atom is 0.357 e. The van der Waals surface area contributed by atoms with Crippen molar-refractivity contribution in [3.05, 3.63) is 33.9 Å². The number of nitrogens with zero attached hydrogens (tertiary/aromatic N) is 1. The molecule has 0 aliphatic rings. The molecule has 16 heavy (non-hydrogen) atoms. The minimum atomic E-state index is -4.86. The summed E-state index contributed by atoms with van der Waals surface area (Å²) in [6.45, 7) is 0. The number of hydrogen-bond acceptors (Lipinski definition) is 4. The Morgan fingerprint density at radius 3 is 2.31 bits per heavy atom. The van der Waals surface area contributed by atoms with Crippen molar-refractivity contribution < 1.29 is 29.2 Å². The zero-order valence-electron chi connectivity index (χ0n) is 7.60. The number of carbonyl (C=O) groups is 1. The Morgan fingerprint density at radius 2 is 1.94 bits per heavy atom. The second-order valence-corrected chi connectivity index (χ2v) is 4.38. The topological polar surface area (TPSA) is 138 Å². The quantitative estimate of drug-likeness (QED) is 0.391. The molecule has 0 heterocycles. The molecule has 0 atom stereocenters. The Kier molecular flexibility index (Phi) is 3.09. The summed E-state index contributed by atoms with van der Waals surface area (Å²) in [6, 6.07) is 2.21. The second kappa shape index (κ2) is 4.01. The average Bonchev–Trinajstić information content (AvgIpc) is 2.15. The van der Waals surface area contributed by atoms with E-state index in [1.807, 2.05) is 0 Å². The van der Waals surface area contributed by atoms with Gasteiger partial charge in [-0.1, -0.05) is 0 Å². The summed E-state index contributed by atoms with van der Waals surface area (Å²) < 4.78 is 10.9. The molecule has 0 bridgehead atoms. The molecule has 9 heteroatoms. The summed E-state index contributed by atoms with van der Waals surface area (Å²) in [6.07, 6.45) is 0. The minimum absolute atomic E-state index is 0.560. The van der Waals surface area contributed by atoms with Crippen LogP contribution in [0.3, 0.4) is 0 Å². The van der Waals surface area contributed by atoms with E-state index in [0.29, 0.717) is 6.07 Å². The predicted molar refractivity (Wildman–Crippen MR) is 51.7 cm³/mol. The first-order valence-corrected chi connectivity index (χ1v) is 5.42. The van der Waals surface area contributed by atoms with Crippen molar-refractivity contribution in [3.8, 4) is 0 Å². The molecule has 0 aliphatic carbocycles. The van der Waals surface area contributed by atoms with Gasteiger partial charge in [0, 0.05) is 12.1 Å². The first kappa shape index (κ1) is 12.3. The molecule has 0 radical (unpaired) electrons. The lowest BCUT2D eigenvalue weighted by Crippen LogP contribution is -2.16. The third kappa shape index (κ3) is 2.43. The van der Waals surface area contributed by atoms with E-state index in [-0.39, 0.29) is 0 Å². The molecule has 0 unspecified atom stereocenters. The van der Waals surface area contributed by atoms with Crippen LogP contribution in [-0.4, -0.2) is 25.8 Å². The Balaban J connectivity index is 3.51. The van der Waals surface area contributed by atoms with Gasteiger partial charge in [-0.15, -0.1) is 0 Å². The molecule has 1 aromatic rings. The fourth-order valence-corrected chi connectivity index (χ4v) is 1.84. The van der Waals surface area contributed by atoms with Gasteiger partial charge in [-0.3, -0.25) is 14.7 Å². The van der Waals surface area contributed by atoms with E-state index in [1.54, 1.807) is 0 Å². The molecule has 0 saturated heterocycles. The zero-order valence-corrected chi connectivity index (χ0v) is 8.50. The Hall–Kier alpha value is -1.76. The molecule has 0 aliphatic heterocycles. The van der Waals surface area contributed by atoms with Gasteiger partial charge in [0.2, 0.25) is 0 Å². The molecular formula is C7H6NO7P. The van der Waals surface area contributed by atoms with Crippen molar-refractivity contribution in [2.75, 3.05) is 0 Å². The minimum Gasteiger partial charge on any atom is -0.478 e. The first-order chi connectivity index (χ1) is 7.23. The maximum absolute atomic E-state index is 10.9. The third-order valence-electron chi connectivity index (χ3n) is 1.74. The number of aromatic carboxylic acids is 1. The molecule has 1 rings (SSSR count). The standard InChI is InChI=1S/C7H6NO7P/c9-7(10)5-2-1-4(8(11)12)3-6(5)16(13,14)15/h1-3H,(H,9,10)(H2,13,14,15). The fourth-order valence-electron chi connectivity index (χ4n) is 1.06. The van der Waals surface area contributed by atoms with Crippen molar-refractivity contribution in [2.45, 2.75) is 0 Å². The van der Waals surface area contributed by atoms with Crippen LogP contribution in [0.4, 0.5) is 5.69 Å². The van der Waals surface area contributed by atoms with E-state index in [1.165, 1.54) is 0 Å². The molecule has 0 aromatic heterocycles. The molecule has 86 valence electrons. The van der Waals surface area contributed by atoms with Crippen molar-refractivity contribution >= 4 is 24.6 Å². The van der Waals surface area contributed by atoms with Crippen LogP contribution in [0.2, 0.25) is 0 Å². The van der Waals surface area contributed by atoms with Crippen LogP contribution in [-0.2, 0) is 4.57 Å². The number of carboxylic acids is 1. The fraction of sp³-hybridized carbons (Fsp3) is 0. The lowest BCUT2D eigenvalue weighted by Gasteiger charge is -2.07. The van der Waals surface area contributed by atoms with Crippen molar-refractivity contribution in [1.29, 1.82) is 0 Å². The highest BCUT2D eigenvalue weighted by Crippen LogP contribution is 2.35. The van der Waals surface area contributed by atoms with Gasteiger partial charge in [-0.2, -0.15) is 0 Å². The first-order valence-electron chi connectivity index (χ1n) is 3.81.